The topological polar surface area (TPSA) is 43.7 Å². The summed E-state index contributed by atoms with van der Waals surface area (Å²) >= 11 is 0. The molecule has 38 heavy (non-hydrogen) atoms. The molecule has 0 bridgehead atoms. The van der Waals surface area contributed by atoms with Crippen LogP contribution in [0.15, 0.2) is 146 Å². The maximum atomic E-state index is 9.61. The average Bonchev–Trinajstić information content (AvgIpc) is 2.98. The molecule has 0 spiro atoms. The summed E-state index contributed by atoms with van der Waals surface area (Å²) in [7, 11) is -1.50. The summed E-state index contributed by atoms with van der Waals surface area (Å²) in [6.45, 7) is 0. The Morgan fingerprint density at radius 2 is 0.921 bits per heavy atom. The minimum absolute atomic E-state index is 0.457. The van der Waals surface area contributed by atoms with Crippen molar-refractivity contribution in [1.29, 1.82) is 0 Å². The van der Waals surface area contributed by atoms with Crippen molar-refractivity contribution in [3.8, 4) is 22.3 Å². The SMILES string of the molecule is OB(O)c1ccc(N(c2cccc(-c3ccccc3)c2)c2ccc3cc(-c4ccccc4)ccc3c2)cc1. The number of nitrogens with zero attached hydrogens (tertiary/aromatic N) is 1. The van der Waals surface area contributed by atoms with Gasteiger partial charge in [-0.15, -0.1) is 0 Å². The first-order valence-corrected chi connectivity index (χ1v) is 12.7. The van der Waals surface area contributed by atoms with E-state index in [0.717, 1.165) is 33.6 Å². The molecule has 0 amide bonds. The van der Waals surface area contributed by atoms with Gasteiger partial charge in [-0.1, -0.05) is 103 Å². The van der Waals surface area contributed by atoms with Gasteiger partial charge in [0.05, 0.1) is 0 Å². The first kappa shape index (κ1) is 23.7. The van der Waals surface area contributed by atoms with E-state index in [2.05, 4.69) is 102 Å². The number of benzene rings is 6. The molecule has 2 N–H and O–H groups in total. The van der Waals surface area contributed by atoms with Gasteiger partial charge in [-0.3, -0.25) is 0 Å². The summed E-state index contributed by atoms with van der Waals surface area (Å²) in [4.78, 5) is 2.20. The summed E-state index contributed by atoms with van der Waals surface area (Å²) < 4.78 is 0. The lowest BCUT2D eigenvalue weighted by atomic mass is 9.80. The van der Waals surface area contributed by atoms with Crippen LogP contribution in [0.25, 0.3) is 33.0 Å². The smallest absolute Gasteiger partial charge is 0.423 e. The minimum Gasteiger partial charge on any atom is -0.423 e. The average molecular weight is 491 g/mol. The Labute approximate surface area is 223 Å². The van der Waals surface area contributed by atoms with Crippen LogP contribution in [0.2, 0.25) is 0 Å². The number of anilines is 3. The van der Waals surface area contributed by atoms with Crippen molar-refractivity contribution in [1.82, 2.24) is 0 Å². The maximum Gasteiger partial charge on any atom is 0.488 e. The first-order chi connectivity index (χ1) is 18.7. The highest BCUT2D eigenvalue weighted by Gasteiger charge is 2.16. The van der Waals surface area contributed by atoms with Crippen LogP contribution in [0.3, 0.4) is 0 Å². The highest BCUT2D eigenvalue weighted by molar-refractivity contribution is 6.58. The third kappa shape index (κ3) is 4.83. The summed E-state index contributed by atoms with van der Waals surface area (Å²) in [5.74, 6) is 0. The lowest BCUT2D eigenvalue weighted by molar-refractivity contribution is 0.426. The standard InChI is InChI=1S/C34H26BNO2/c37-35(38)31-17-20-32(21-18-31)36(33-13-7-12-27(23-33)25-8-3-1-4-9-25)34-19-16-29-22-28(14-15-30(29)24-34)26-10-5-2-6-11-26/h1-24,37-38H. The van der Waals surface area contributed by atoms with Gasteiger partial charge < -0.3 is 14.9 Å². The highest BCUT2D eigenvalue weighted by Crippen LogP contribution is 2.38. The molecular weight excluding hydrogens is 465 g/mol. The van der Waals surface area contributed by atoms with Crippen molar-refractivity contribution in [2.45, 2.75) is 0 Å². The second-order valence-corrected chi connectivity index (χ2v) is 9.33. The van der Waals surface area contributed by atoms with E-state index in [1.807, 2.05) is 36.4 Å². The molecule has 6 aromatic rings. The molecule has 0 aliphatic carbocycles. The molecule has 0 atom stereocenters. The number of rotatable bonds is 6. The lowest BCUT2D eigenvalue weighted by Crippen LogP contribution is -2.29. The second-order valence-electron chi connectivity index (χ2n) is 9.33. The van der Waals surface area contributed by atoms with Gasteiger partial charge in [0, 0.05) is 17.1 Å². The Kier molecular flexibility index (Phi) is 6.49. The Bertz CT molecular complexity index is 1680. The first-order valence-electron chi connectivity index (χ1n) is 12.7. The molecule has 0 saturated heterocycles. The maximum absolute atomic E-state index is 9.61. The molecule has 0 saturated carbocycles. The van der Waals surface area contributed by atoms with Gasteiger partial charge >= 0.3 is 7.12 Å². The molecule has 3 nitrogen and oxygen atoms in total. The fourth-order valence-electron chi connectivity index (χ4n) is 4.88. The van der Waals surface area contributed by atoms with Crippen molar-refractivity contribution in [2.24, 2.45) is 0 Å². The zero-order chi connectivity index (χ0) is 25.9. The molecular formula is C34H26BNO2. The van der Waals surface area contributed by atoms with Gasteiger partial charge in [-0.05, 0) is 81.0 Å². The fourth-order valence-corrected chi connectivity index (χ4v) is 4.88. The van der Waals surface area contributed by atoms with E-state index in [0.29, 0.717) is 5.46 Å². The van der Waals surface area contributed by atoms with Crippen LogP contribution in [0.4, 0.5) is 17.1 Å². The van der Waals surface area contributed by atoms with Crippen molar-refractivity contribution in [3.63, 3.8) is 0 Å². The molecule has 0 fully saturated rings. The molecule has 0 heterocycles. The Balaban J connectivity index is 1.46. The van der Waals surface area contributed by atoms with Gasteiger partial charge in [-0.2, -0.15) is 0 Å². The van der Waals surface area contributed by atoms with Gasteiger partial charge in [0.2, 0.25) is 0 Å². The van der Waals surface area contributed by atoms with Crippen molar-refractivity contribution >= 4 is 40.4 Å². The molecule has 0 unspecified atom stereocenters. The van der Waals surface area contributed by atoms with E-state index >= 15 is 0 Å². The summed E-state index contributed by atoms with van der Waals surface area (Å²) in [5.41, 5.74) is 8.10. The van der Waals surface area contributed by atoms with E-state index in [1.54, 1.807) is 12.1 Å². The van der Waals surface area contributed by atoms with Crippen LogP contribution >= 0.6 is 0 Å². The molecule has 182 valence electrons. The molecule has 0 aliphatic heterocycles. The summed E-state index contributed by atoms with van der Waals surface area (Å²) in [6.07, 6.45) is 0. The third-order valence-corrected chi connectivity index (χ3v) is 6.85. The second kappa shape index (κ2) is 10.4. The fraction of sp³-hybridized carbons (Fsp3) is 0. The molecule has 0 radical (unpaired) electrons. The van der Waals surface area contributed by atoms with E-state index < -0.39 is 7.12 Å². The molecule has 4 heteroatoms. The van der Waals surface area contributed by atoms with Crippen LogP contribution in [-0.2, 0) is 0 Å². The Morgan fingerprint density at radius 1 is 0.395 bits per heavy atom. The number of hydrogen-bond acceptors (Lipinski definition) is 3. The van der Waals surface area contributed by atoms with Crippen LogP contribution in [0.5, 0.6) is 0 Å². The molecule has 6 rings (SSSR count). The third-order valence-electron chi connectivity index (χ3n) is 6.85. The van der Waals surface area contributed by atoms with E-state index in [4.69, 9.17) is 0 Å². The Morgan fingerprint density at radius 3 is 1.58 bits per heavy atom. The summed E-state index contributed by atoms with van der Waals surface area (Å²) in [6, 6.07) is 49.7. The van der Waals surface area contributed by atoms with E-state index in [9.17, 15) is 10.0 Å². The zero-order valence-electron chi connectivity index (χ0n) is 20.8. The van der Waals surface area contributed by atoms with Crippen LogP contribution in [0, 0.1) is 0 Å². The Hall–Kier alpha value is -4.64. The van der Waals surface area contributed by atoms with Crippen LogP contribution in [-0.4, -0.2) is 17.2 Å². The van der Waals surface area contributed by atoms with Crippen molar-refractivity contribution < 1.29 is 10.0 Å². The van der Waals surface area contributed by atoms with Gasteiger partial charge in [-0.25, -0.2) is 0 Å². The molecule has 0 aromatic heterocycles. The van der Waals surface area contributed by atoms with Crippen LogP contribution in [0.1, 0.15) is 0 Å². The number of fused-ring (bicyclic) bond motifs is 1. The largest absolute Gasteiger partial charge is 0.488 e. The van der Waals surface area contributed by atoms with Crippen molar-refractivity contribution in [3.05, 3.63) is 146 Å². The summed E-state index contributed by atoms with van der Waals surface area (Å²) in [5, 5.41) is 21.5. The van der Waals surface area contributed by atoms with E-state index in [-0.39, 0.29) is 0 Å². The molecule has 6 aromatic carbocycles. The quantitative estimate of drug-likeness (QED) is 0.240. The zero-order valence-corrected chi connectivity index (χ0v) is 20.8. The number of hydrogen-bond donors (Lipinski definition) is 2. The predicted octanol–water partition coefficient (Wildman–Crippen LogP) is 7.32. The van der Waals surface area contributed by atoms with Gasteiger partial charge in [0.1, 0.15) is 0 Å². The molecule has 0 aliphatic rings. The van der Waals surface area contributed by atoms with Crippen LogP contribution < -0.4 is 10.4 Å². The highest BCUT2D eigenvalue weighted by atomic mass is 16.4. The normalized spacial score (nSPS) is 10.9. The van der Waals surface area contributed by atoms with Crippen molar-refractivity contribution in [2.75, 3.05) is 4.90 Å². The lowest BCUT2D eigenvalue weighted by Gasteiger charge is -2.26. The van der Waals surface area contributed by atoms with Gasteiger partial charge in [0.25, 0.3) is 0 Å². The van der Waals surface area contributed by atoms with Gasteiger partial charge in [0.15, 0.2) is 0 Å². The monoisotopic (exact) mass is 491 g/mol. The van der Waals surface area contributed by atoms with E-state index in [1.165, 1.54) is 16.5 Å². The minimum atomic E-state index is -1.50. The predicted molar refractivity (Wildman–Crippen MR) is 159 cm³/mol.